The maximum absolute atomic E-state index is 12.4. The van der Waals surface area contributed by atoms with Crippen molar-refractivity contribution >= 4 is 11.9 Å². The quantitative estimate of drug-likeness (QED) is 0.795. The topological polar surface area (TPSA) is 55.4 Å². The van der Waals surface area contributed by atoms with Gasteiger partial charge in [-0.05, 0) is 24.0 Å². The Morgan fingerprint density at radius 3 is 2.17 bits per heavy atom. The molecule has 0 unspecified atom stereocenters. The highest BCUT2D eigenvalue weighted by Gasteiger charge is 2.25. The molecule has 2 atom stereocenters. The van der Waals surface area contributed by atoms with E-state index >= 15 is 0 Å². The second kappa shape index (κ2) is 8.87. The highest BCUT2D eigenvalue weighted by Crippen LogP contribution is 2.16. The number of benzene rings is 2. The average Bonchev–Trinajstić information content (AvgIpc) is 2.64. The van der Waals surface area contributed by atoms with Gasteiger partial charge in [-0.1, -0.05) is 67.6 Å². The van der Waals surface area contributed by atoms with E-state index in [2.05, 4.69) is 5.32 Å². The van der Waals surface area contributed by atoms with Crippen LogP contribution in [-0.4, -0.2) is 19.0 Å². The first-order chi connectivity index (χ1) is 11.6. The Labute approximate surface area is 142 Å². The van der Waals surface area contributed by atoms with E-state index in [1.54, 1.807) is 12.1 Å². The predicted octanol–water partition coefficient (Wildman–Crippen LogP) is 3.29. The normalized spacial score (nSPS) is 12.9. The summed E-state index contributed by atoms with van der Waals surface area (Å²) in [7, 11) is 1.32. The van der Waals surface area contributed by atoms with Crippen molar-refractivity contribution in [3.63, 3.8) is 0 Å². The molecule has 4 heteroatoms. The summed E-state index contributed by atoms with van der Waals surface area (Å²) < 4.78 is 4.82. The number of carbonyl (C=O) groups is 2. The predicted molar refractivity (Wildman–Crippen MR) is 93.3 cm³/mol. The minimum Gasteiger partial charge on any atom is -0.467 e. The summed E-state index contributed by atoms with van der Waals surface area (Å²) in [5, 5.41) is 2.81. The molecule has 1 amide bonds. The molecule has 0 saturated heterocycles. The van der Waals surface area contributed by atoms with Crippen LogP contribution in [0.2, 0.25) is 0 Å². The van der Waals surface area contributed by atoms with Gasteiger partial charge < -0.3 is 10.1 Å². The number of esters is 1. The third kappa shape index (κ3) is 4.95. The summed E-state index contributed by atoms with van der Waals surface area (Å²) >= 11 is 0. The van der Waals surface area contributed by atoms with Crippen molar-refractivity contribution in [1.82, 2.24) is 5.32 Å². The lowest BCUT2D eigenvalue weighted by Gasteiger charge is -2.19. The van der Waals surface area contributed by atoms with Gasteiger partial charge in [0.2, 0.25) is 5.91 Å². The molecule has 24 heavy (non-hydrogen) atoms. The van der Waals surface area contributed by atoms with E-state index in [0.29, 0.717) is 5.56 Å². The Kier molecular flexibility index (Phi) is 6.55. The largest absolute Gasteiger partial charge is 0.467 e. The Bertz CT molecular complexity index is 655. The van der Waals surface area contributed by atoms with Crippen LogP contribution in [0.1, 0.15) is 30.5 Å². The van der Waals surface area contributed by atoms with Crippen LogP contribution in [0.4, 0.5) is 0 Å². The van der Waals surface area contributed by atoms with E-state index in [0.717, 1.165) is 12.8 Å². The van der Waals surface area contributed by atoms with E-state index < -0.39 is 12.0 Å². The van der Waals surface area contributed by atoms with Crippen LogP contribution < -0.4 is 5.32 Å². The molecular formula is C20H23NO3. The molecular weight excluding hydrogens is 302 g/mol. The number of methoxy groups -OCH3 is 1. The fourth-order valence-corrected chi connectivity index (χ4v) is 2.49. The smallest absolute Gasteiger partial charge is 0.333 e. The molecule has 0 aliphatic carbocycles. The van der Waals surface area contributed by atoms with Gasteiger partial charge in [0.05, 0.1) is 7.11 Å². The standard InChI is InChI=1S/C20H23NO3/c1-15(13-14-16-9-5-3-6-10-16)19(22)21-18(20(23)24-2)17-11-7-4-8-12-17/h3-12,15,18H,13-14H2,1-2H3,(H,21,22)/t15-,18-/m1/s1. The Morgan fingerprint density at radius 2 is 1.58 bits per heavy atom. The van der Waals surface area contributed by atoms with Gasteiger partial charge in [0.15, 0.2) is 6.04 Å². The zero-order valence-corrected chi connectivity index (χ0v) is 14.1. The molecule has 1 N–H and O–H groups in total. The third-order valence-electron chi connectivity index (χ3n) is 4.01. The van der Waals surface area contributed by atoms with Crippen LogP contribution in [0.5, 0.6) is 0 Å². The number of amides is 1. The summed E-state index contributed by atoms with van der Waals surface area (Å²) in [6.45, 7) is 1.87. The van der Waals surface area contributed by atoms with Crippen LogP contribution in [-0.2, 0) is 20.7 Å². The Morgan fingerprint density at radius 1 is 1.00 bits per heavy atom. The van der Waals surface area contributed by atoms with Crippen molar-refractivity contribution in [3.05, 3.63) is 71.8 Å². The first-order valence-electron chi connectivity index (χ1n) is 8.09. The summed E-state index contributed by atoms with van der Waals surface area (Å²) in [4.78, 5) is 24.5. The molecule has 4 nitrogen and oxygen atoms in total. The van der Waals surface area contributed by atoms with E-state index in [4.69, 9.17) is 4.74 Å². The van der Waals surface area contributed by atoms with Crippen LogP contribution >= 0.6 is 0 Å². The van der Waals surface area contributed by atoms with Crippen molar-refractivity contribution in [3.8, 4) is 0 Å². The minimum absolute atomic E-state index is 0.148. The minimum atomic E-state index is -0.775. The van der Waals surface area contributed by atoms with Crippen molar-refractivity contribution in [2.24, 2.45) is 5.92 Å². The maximum Gasteiger partial charge on any atom is 0.333 e. The Hall–Kier alpha value is -2.62. The molecule has 0 heterocycles. The molecule has 2 aromatic rings. The van der Waals surface area contributed by atoms with Crippen LogP contribution in [0.15, 0.2) is 60.7 Å². The van der Waals surface area contributed by atoms with Crippen molar-refractivity contribution in [2.45, 2.75) is 25.8 Å². The summed E-state index contributed by atoms with van der Waals surface area (Å²) in [6, 6.07) is 18.4. The van der Waals surface area contributed by atoms with E-state index in [1.807, 2.05) is 55.5 Å². The number of ether oxygens (including phenoxy) is 1. The SMILES string of the molecule is COC(=O)[C@H](NC(=O)[C@H](C)CCc1ccccc1)c1ccccc1. The zero-order chi connectivity index (χ0) is 17.4. The monoisotopic (exact) mass is 325 g/mol. The van der Waals surface area contributed by atoms with Crippen molar-refractivity contribution < 1.29 is 14.3 Å². The fraction of sp³-hybridized carbons (Fsp3) is 0.300. The molecule has 0 aliphatic rings. The molecule has 126 valence electrons. The second-order valence-electron chi connectivity index (χ2n) is 5.80. The van der Waals surface area contributed by atoms with Crippen LogP contribution in [0.3, 0.4) is 0 Å². The highest BCUT2D eigenvalue weighted by atomic mass is 16.5. The molecule has 0 spiro atoms. The molecule has 0 aromatic heterocycles. The van der Waals surface area contributed by atoms with Crippen LogP contribution in [0, 0.1) is 5.92 Å². The number of nitrogens with one attached hydrogen (secondary N) is 1. The zero-order valence-electron chi connectivity index (χ0n) is 14.1. The van der Waals surface area contributed by atoms with Crippen LogP contribution in [0.25, 0.3) is 0 Å². The lowest BCUT2D eigenvalue weighted by Crippen LogP contribution is -2.37. The Balaban J connectivity index is 1.98. The number of aryl methyl sites for hydroxylation is 1. The van der Waals surface area contributed by atoms with Gasteiger partial charge in [-0.15, -0.1) is 0 Å². The lowest BCUT2D eigenvalue weighted by atomic mass is 9.99. The highest BCUT2D eigenvalue weighted by molar-refractivity contribution is 5.86. The molecule has 0 saturated carbocycles. The first-order valence-corrected chi connectivity index (χ1v) is 8.09. The number of carbonyl (C=O) groups excluding carboxylic acids is 2. The van der Waals surface area contributed by atoms with Gasteiger partial charge in [-0.2, -0.15) is 0 Å². The van der Waals surface area contributed by atoms with E-state index in [-0.39, 0.29) is 11.8 Å². The number of hydrogen-bond donors (Lipinski definition) is 1. The van der Waals surface area contributed by atoms with Gasteiger partial charge in [0.25, 0.3) is 0 Å². The molecule has 0 radical (unpaired) electrons. The molecule has 0 aliphatic heterocycles. The van der Waals surface area contributed by atoms with Gasteiger partial charge in [0, 0.05) is 5.92 Å². The van der Waals surface area contributed by atoms with Gasteiger partial charge in [-0.3, -0.25) is 4.79 Å². The molecule has 2 rings (SSSR count). The summed E-state index contributed by atoms with van der Waals surface area (Å²) in [5.74, 6) is -0.809. The lowest BCUT2D eigenvalue weighted by molar-refractivity contribution is -0.145. The van der Waals surface area contributed by atoms with E-state index in [9.17, 15) is 9.59 Å². The van der Waals surface area contributed by atoms with E-state index in [1.165, 1.54) is 12.7 Å². The van der Waals surface area contributed by atoms with Gasteiger partial charge >= 0.3 is 5.97 Å². The molecule has 0 bridgehead atoms. The average molecular weight is 325 g/mol. The van der Waals surface area contributed by atoms with Crippen molar-refractivity contribution in [2.75, 3.05) is 7.11 Å². The van der Waals surface area contributed by atoms with Gasteiger partial charge in [-0.25, -0.2) is 4.79 Å². The van der Waals surface area contributed by atoms with Gasteiger partial charge in [0.1, 0.15) is 0 Å². The van der Waals surface area contributed by atoms with Crippen molar-refractivity contribution in [1.29, 1.82) is 0 Å². The third-order valence-corrected chi connectivity index (χ3v) is 4.01. The first kappa shape index (κ1) is 17.7. The summed E-state index contributed by atoms with van der Waals surface area (Å²) in [6.07, 6.45) is 1.54. The maximum atomic E-state index is 12.4. The molecule has 2 aromatic carbocycles. The summed E-state index contributed by atoms with van der Waals surface area (Å²) in [5.41, 5.74) is 1.91. The fourth-order valence-electron chi connectivity index (χ4n) is 2.49. The number of hydrogen-bond acceptors (Lipinski definition) is 3. The number of rotatable bonds is 7. The molecule has 0 fully saturated rings. The second-order valence-corrected chi connectivity index (χ2v) is 5.80.